The highest BCUT2D eigenvalue weighted by atomic mass is 32.2. The van der Waals surface area contributed by atoms with Gasteiger partial charge in [-0.2, -0.15) is 57.0 Å². The fraction of sp³-hybridized carbons (Fsp3) is 0. The number of hydrogen-bond donors (Lipinski definition) is 12. The number of nitrogen functional groups attached to an aromatic ring is 1. The van der Waals surface area contributed by atoms with Crippen LogP contribution >= 0.6 is 0 Å². The van der Waals surface area contributed by atoms with Crippen LogP contribution in [0.15, 0.2) is 156 Å². The largest absolute Gasteiger partial charge is 0.505 e. The SMILES string of the molecule is Nc1c(N=Nc2ccc3c(O)c(N=Nc4ccc(N=Nc5c(C(=O)O)nn(-c6cc(C(=O)O)ccc6C(=O)O)c5O)c(S(=O)(=O)O)c4)c(S(=O)(=O)O)cc3c2S(=O)(=O)O)cc(S(=O)(=O)O)c2ccc(N=Nc3ccc([N+](=O)[O-])cc3S(=O)(=O)O)c(O)c12. The Bertz CT molecular complexity index is 5150. The zero-order valence-corrected chi connectivity index (χ0v) is 45.8. The Kier molecular flexibility index (Phi) is 16.0. The van der Waals surface area contributed by atoms with E-state index in [2.05, 4.69) is 46.0 Å². The van der Waals surface area contributed by atoms with Crippen LogP contribution in [-0.4, -0.2) is 128 Å². The van der Waals surface area contributed by atoms with Crippen LogP contribution in [-0.2, 0) is 50.6 Å². The summed E-state index contributed by atoms with van der Waals surface area (Å²) in [6.07, 6.45) is 0. The van der Waals surface area contributed by atoms with E-state index >= 15 is 0 Å². The number of aromatic nitrogens is 2. The third-order valence-electron chi connectivity index (χ3n) is 11.7. The number of aromatic hydroxyl groups is 3. The lowest BCUT2D eigenvalue weighted by molar-refractivity contribution is -0.385. The van der Waals surface area contributed by atoms with E-state index in [4.69, 9.17) is 5.73 Å². The molecule has 0 unspecified atom stereocenters. The molecule has 0 aliphatic heterocycles. The number of anilines is 1. The first-order valence-corrected chi connectivity index (χ1v) is 29.5. The molecule has 1 heterocycles. The van der Waals surface area contributed by atoms with Gasteiger partial charge in [-0.15, -0.1) is 35.8 Å². The molecule has 0 aliphatic carbocycles. The lowest BCUT2D eigenvalue weighted by atomic mass is 10.1. The van der Waals surface area contributed by atoms with Gasteiger partial charge in [0.25, 0.3) is 56.3 Å². The minimum Gasteiger partial charge on any atom is -0.505 e. The van der Waals surface area contributed by atoms with Crippen LogP contribution < -0.4 is 5.73 Å². The van der Waals surface area contributed by atoms with Crippen molar-refractivity contribution in [2.45, 2.75) is 24.5 Å². The molecule has 0 amide bonds. The van der Waals surface area contributed by atoms with Crippen molar-refractivity contribution in [3.63, 3.8) is 0 Å². The quantitative estimate of drug-likeness (QED) is 0.0128. The first kappa shape index (κ1) is 62.3. The van der Waals surface area contributed by atoms with E-state index < -0.39 is 216 Å². The van der Waals surface area contributed by atoms with Gasteiger partial charge < -0.3 is 36.4 Å². The maximum Gasteiger partial charge on any atom is 0.358 e. The van der Waals surface area contributed by atoms with E-state index in [1.165, 1.54) is 0 Å². The van der Waals surface area contributed by atoms with Crippen LogP contribution in [0.25, 0.3) is 27.2 Å². The number of non-ortho nitro benzene ring substituents is 1. The van der Waals surface area contributed by atoms with Crippen LogP contribution in [0, 0.1) is 10.1 Å². The summed E-state index contributed by atoms with van der Waals surface area (Å²) in [5.74, 6) is -8.96. The van der Waals surface area contributed by atoms with Gasteiger partial charge >= 0.3 is 17.9 Å². The van der Waals surface area contributed by atoms with Crippen LogP contribution in [0.4, 0.5) is 56.9 Å². The van der Waals surface area contributed by atoms with E-state index in [0.29, 0.717) is 42.5 Å². The maximum absolute atomic E-state index is 13.1. The standard InChI is InChI=1S/C44H28N12O26S5/c45-34-27(15-29(83(68,69)70)21-6-9-25(39(58)33(21)34)49-47-24-8-3-18(56(66)67)13-31(24)85(74,75)76)51-50-26-10-5-19-22(40(26)87(80,81)82)14-32(86(77,78)79)35(38(19)57)52-46-17-2-7-23(30(12-17)84(71,72)73)48-53-36-37(44(64)65)54-55(41(36)59)28-11-16(42(60)61)1-4-20(28)43(62)63/h1-15,57-59H,45H2,(H,60,61)(H,62,63)(H,64,65)(H,68,69,70)(H,71,72,73)(H,74,75,76)(H,77,78,79)(H,80,81,82). The Labute approximate surface area is 481 Å². The molecule has 8 rings (SSSR count). The molecule has 38 nitrogen and oxygen atoms in total. The molecule has 1 aromatic heterocycles. The number of phenols is 2. The van der Waals surface area contributed by atoms with Gasteiger partial charge in [-0.05, 0) is 72.8 Å². The Morgan fingerprint density at radius 3 is 1.60 bits per heavy atom. The molecular formula is C44H28N12O26S5. The zero-order valence-electron chi connectivity index (χ0n) is 41.7. The lowest BCUT2D eigenvalue weighted by Crippen LogP contribution is -2.10. The molecular weight excluding hydrogens is 1270 g/mol. The summed E-state index contributed by atoms with van der Waals surface area (Å²) >= 11 is 0. The monoisotopic (exact) mass is 1300 g/mol. The van der Waals surface area contributed by atoms with Gasteiger partial charge in [0.2, 0.25) is 11.6 Å². The molecule has 0 saturated heterocycles. The van der Waals surface area contributed by atoms with Gasteiger partial charge in [-0.25, -0.2) is 14.4 Å². The average molecular weight is 1300 g/mol. The summed E-state index contributed by atoms with van der Waals surface area (Å²) in [6.45, 7) is 0. The smallest absolute Gasteiger partial charge is 0.358 e. The number of hydrogen-bond acceptors (Lipinski definition) is 28. The predicted molar refractivity (Wildman–Crippen MR) is 287 cm³/mol. The van der Waals surface area contributed by atoms with E-state index in [9.17, 15) is 120 Å². The molecule has 0 radical (unpaired) electrons. The van der Waals surface area contributed by atoms with E-state index in [0.717, 1.165) is 48.5 Å². The second-order valence-electron chi connectivity index (χ2n) is 17.1. The van der Waals surface area contributed by atoms with Crippen molar-refractivity contribution in [1.82, 2.24) is 9.78 Å². The summed E-state index contributed by atoms with van der Waals surface area (Å²) in [5.41, 5.74) is -5.50. The first-order valence-electron chi connectivity index (χ1n) is 22.3. The number of carboxylic acid groups (broad SMARTS) is 3. The number of nitro benzene ring substituents is 1. The number of nitro groups is 1. The van der Waals surface area contributed by atoms with Crippen molar-refractivity contribution in [2.24, 2.45) is 40.9 Å². The Morgan fingerprint density at radius 1 is 0.494 bits per heavy atom. The molecule has 0 bridgehead atoms. The van der Waals surface area contributed by atoms with Crippen molar-refractivity contribution >= 4 is 147 Å². The number of phenolic OH excluding ortho intramolecular Hbond substituents is 2. The number of aromatic carboxylic acids is 3. The van der Waals surface area contributed by atoms with Crippen molar-refractivity contribution < 1.29 is 115 Å². The third-order valence-corrected chi connectivity index (χ3v) is 16.1. The Balaban J connectivity index is 1.20. The molecule has 0 spiro atoms. The fourth-order valence-electron chi connectivity index (χ4n) is 7.88. The Hall–Kier alpha value is -10.8. The van der Waals surface area contributed by atoms with Gasteiger partial charge in [0.15, 0.2) is 17.2 Å². The minimum absolute atomic E-state index is 0.268. The molecule has 43 heteroatoms. The summed E-state index contributed by atoms with van der Waals surface area (Å²) in [7, 11) is -27.5. The number of rotatable bonds is 18. The first-order chi connectivity index (χ1) is 40.3. The van der Waals surface area contributed by atoms with E-state index in [-0.39, 0.29) is 4.68 Å². The van der Waals surface area contributed by atoms with Gasteiger partial charge in [0.05, 0.1) is 38.5 Å². The minimum atomic E-state index is -5.72. The van der Waals surface area contributed by atoms with Crippen LogP contribution in [0.1, 0.15) is 31.2 Å². The molecule has 0 fully saturated rings. The Morgan fingerprint density at radius 2 is 1.02 bits per heavy atom. The number of azo groups is 4. The molecule has 7 aromatic carbocycles. The highest BCUT2D eigenvalue weighted by molar-refractivity contribution is 7.87. The highest BCUT2D eigenvalue weighted by Gasteiger charge is 2.31. The van der Waals surface area contributed by atoms with Crippen molar-refractivity contribution in [3.05, 3.63) is 118 Å². The fourth-order valence-corrected chi connectivity index (χ4v) is 11.3. The van der Waals surface area contributed by atoms with Crippen LogP contribution in [0.5, 0.6) is 17.4 Å². The topological polar surface area (TPSA) is 630 Å². The van der Waals surface area contributed by atoms with Crippen molar-refractivity contribution in [3.8, 4) is 23.1 Å². The van der Waals surface area contributed by atoms with Crippen LogP contribution in [0.3, 0.4) is 0 Å². The maximum atomic E-state index is 13.1. The van der Waals surface area contributed by atoms with Gasteiger partial charge in [-0.3, -0.25) is 32.9 Å². The normalized spacial score (nSPS) is 12.8. The zero-order chi connectivity index (χ0) is 64.4. The molecule has 8 aromatic rings. The van der Waals surface area contributed by atoms with E-state index in [1.54, 1.807) is 0 Å². The lowest BCUT2D eigenvalue weighted by Gasteiger charge is -2.13. The number of fused-ring (bicyclic) bond motifs is 2. The van der Waals surface area contributed by atoms with Crippen molar-refractivity contribution in [2.75, 3.05) is 5.73 Å². The molecule has 450 valence electrons. The number of benzene rings is 7. The second kappa shape index (κ2) is 22.3. The van der Waals surface area contributed by atoms with Crippen molar-refractivity contribution in [1.29, 1.82) is 0 Å². The third kappa shape index (κ3) is 12.4. The van der Waals surface area contributed by atoms with Gasteiger partial charge in [-0.1, -0.05) is 6.07 Å². The van der Waals surface area contributed by atoms with Gasteiger partial charge in [0.1, 0.15) is 58.6 Å². The molecule has 0 aliphatic rings. The highest BCUT2D eigenvalue weighted by Crippen LogP contribution is 2.49. The molecule has 0 saturated carbocycles. The number of carbonyl (C=O) groups is 3. The summed E-state index contributed by atoms with van der Waals surface area (Å²) in [4.78, 5) is 39.6. The predicted octanol–water partition coefficient (Wildman–Crippen LogP) is 7.78. The summed E-state index contributed by atoms with van der Waals surface area (Å²) in [6, 6.07) is 10.3. The van der Waals surface area contributed by atoms with E-state index in [1.807, 2.05) is 0 Å². The number of carboxylic acids is 3. The van der Waals surface area contributed by atoms with Gasteiger partial charge in [0, 0.05) is 28.3 Å². The number of nitrogens with two attached hydrogens (primary N) is 1. The van der Waals surface area contributed by atoms with Crippen LogP contribution in [0.2, 0.25) is 0 Å². The number of nitrogens with zero attached hydrogens (tertiary/aromatic N) is 11. The second-order valence-corrected chi connectivity index (χ2v) is 24.0. The summed E-state index contributed by atoms with van der Waals surface area (Å²) < 4.78 is 178. The average Bonchev–Trinajstić information content (AvgIpc) is 1.46. The molecule has 87 heavy (non-hydrogen) atoms. The molecule has 13 N–H and O–H groups in total. The summed E-state index contributed by atoms with van der Waals surface area (Å²) in [5, 5.41) is 103. The molecule has 0 atom stereocenters.